The lowest BCUT2D eigenvalue weighted by molar-refractivity contribution is 0.0699. The Labute approximate surface area is 256 Å². The first-order valence-corrected chi connectivity index (χ1v) is 13.6. The first-order chi connectivity index (χ1) is 17.7. The summed E-state index contributed by atoms with van der Waals surface area (Å²) in [5, 5.41) is 10.6. The van der Waals surface area contributed by atoms with Crippen LogP contribution in [0.1, 0.15) is 15.9 Å². The van der Waals surface area contributed by atoms with E-state index in [-0.39, 0.29) is 53.4 Å². The third kappa shape index (κ3) is 6.85. The molecule has 0 bridgehead atoms. The molecule has 1 aliphatic heterocycles. The number of carbonyl (C=O) groups is 1. The number of aromatic nitrogens is 1. The van der Waals surface area contributed by atoms with E-state index in [1.54, 1.807) is 37.3 Å². The fraction of sp³-hybridized carbons (Fsp3) is 0.185. The maximum absolute atomic E-state index is 13.0. The number of para-hydroxylation sites is 1. The molecule has 2 N–H and O–H groups in total. The van der Waals surface area contributed by atoms with E-state index in [0.717, 1.165) is 18.8 Å². The SMILES string of the molecule is Cc1c(Cl)cccc1S(=O)(=O)Nc1ccc2nc(N3CCN(c4ccccc4)CC3)cc(C(=O)O)c2c1.Cl.Cl.Cl. The van der Waals surface area contributed by atoms with Crippen molar-refractivity contribution in [3.05, 3.63) is 88.9 Å². The number of halogens is 4. The minimum absolute atomic E-state index is 0. The van der Waals surface area contributed by atoms with Gasteiger partial charge in [0, 0.05) is 48.0 Å². The van der Waals surface area contributed by atoms with Gasteiger partial charge < -0.3 is 14.9 Å². The molecule has 1 fully saturated rings. The van der Waals surface area contributed by atoms with Crippen LogP contribution in [0.3, 0.4) is 0 Å². The number of rotatable bonds is 6. The van der Waals surface area contributed by atoms with Crippen molar-refractivity contribution in [3.8, 4) is 0 Å². The summed E-state index contributed by atoms with van der Waals surface area (Å²) in [6, 6.07) is 21.1. The lowest BCUT2D eigenvalue weighted by Gasteiger charge is -2.37. The van der Waals surface area contributed by atoms with Gasteiger partial charge in [-0.15, -0.1) is 37.2 Å². The van der Waals surface area contributed by atoms with E-state index in [1.807, 2.05) is 18.2 Å². The minimum atomic E-state index is -3.94. The first-order valence-electron chi connectivity index (χ1n) is 11.7. The molecule has 2 heterocycles. The van der Waals surface area contributed by atoms with Crippen molar-refractivity contribution in [3.63, 3.8) is 0 Å². The molecule has 0 radical (unpaired) electrons. The molecule has 40 heavy (non-hydrogen) atoms. The number of fused-ring (bicyclic) bond motifs is 1. The number of anilines is 3. The summed E-state index contributed by atoms with van der Waals surface area (Å²) in [4.78, 5) is 21.3. The molecule has 0 amide bonds. The van der Waals surface area contributed by atoms with Crippen LogP contribution in [0.15, 0.2) is 77.7 Å². The minimum Gasteiger partial charge on any atom is -0.478 e. The Kier molecular flexibility index (Phi) is 11.3. The average molecular weight is 646 g/mol. The number of aromatic carboxylic acids is 1. The van der Waals surface area contributed by atoms with Crippen LogP contribution in [0, 0.1) is 6.92 Å². The molecule has 0 atom stereocenters. The number of nitrogens with zero attached hydrogens (tertiary/aromatic N) is 3. The van der Waals surface area contributed by atoms with E-state index >= 15 is 0 Å². The highest BCUT2D eigenvalue weighted by Crippen LogP contribution is 2.29. The topological polar surface area (TPSA) is 103 Å². The number of hydrogen-bond donors (Lipinski definition) is 2. The highest BCUT2D eigenvalue weighted by molar-refractivity contribution is 7.92. The van der Waals surface area contributed by atoms with Gasteiger partial charge >= 0.3 is 5.97 Å². The van der Waals surface area contributed by atoms with Crippen LogP contribution in [-0.2, 0) is 10.0 Å². The van der Waals surface area contributed by atoms with Gasteiger partial charge in [-0.05, 0) is 61.0 Å². The molecule has 0 aliphatic carbocycles. The van der Waals surface area contributed by atoms with E-state index in [1.165, 1.54) is 12.1 Å². The van der Waals surface area contributed by atoms with Crippen molar-refractivity contribution in [2.75, 3.05) is 40.7 Å². The Bertz CT molecular complexity index is 1600. The van der Waals surface area contributed by atoms with Crippen molar-refractivity contribution in [1.82, 2.24) is 4.98 Å². The zero-order valence-electron chi connectivity index (χ0n) is 21.3. The van der Waals surface area contributed by atoms with Crippen molar-refractivity contribution in [1.29, 1.82) is 0 Å². The molecular weight excluding hydrogens is 618 g/mol. The zero-order valence-corrected chi connectivity index (χ0v) is 25.3. The molecule has 4 aromatic rings. The van der Waals surface area contributed by atoms with Gasteiger partial charge in [-0.25, -0.2) is 18.2 Å². The second-order valence-electron chi connectivity index (χ2n) is 8.84. The summed E-state index contributed by atoms with van der Waals surface area (Å²) < 4.78 is 28.5. The van der Waals surface area contributed by atoms with E-state index in [0.29, 0.717) is 40.4 Å². The summed E-state index contributed by atoms with van der Waals surface area (Å²) in [6.45, 7) is 4.60. The predicted molar refractivity (Wildman–Crippen MR) is 168 cm³/mol. The summed E-state index contributed by atoms with van der Waals surface area (Å²) in [6.07, 6.45) is 0. The number of carboxylic acids is 1. The van der Waals surface area contributed by atoms with Gasteiger partial charge in [-0.2, -0.15) is 0 Å². The molecule has 1 saturated heterocycles. The second-order valence-corrected chi connectivity index (χ2v) is 10.9. The molecule has 214 valence electrons. The largest absolute Gasteiger partial charge is 0.478 e. The standard InChI is InChI=1S/C27H25ClN4O4S.3ClH/c1-18-23(28)8-5-9-25(18)37(35,36)30-19-10-11-24-21(16-19)22(27(33)34)17-26(29-24)32-14-12-31(13-15-32)20-6-3-2-4-7-20;;;/h2-11,16-17,30H,12-15H2,1H3,(H,33,34);3*1H. The van der Waals surface area contributed by atoms with E-state index < -0.39 is 16.0 Å². The van der Waals surface area contributed by atoms with Crippen molar-refractivity contribution in [2.45, 2.75) is 11.8 Å². The highest BCUT2D eigenvalue weighted by atomic mass is 35.5. The third-order valence-electron chi connectivity index (χ3n) is 6.51. The number of sulfonamides is 1. The van der Waals surface area contributed by atoms with Gasteiger partial charge in [0.2, 0.25) is 0 Å². The molecule has 0 spiro atoms. The number of piperazine rings is 1. The smallest absolute Gasteiger partial charge is 0.336 e. The Morgan fingerprint density at radius 2 is 1.55 bits per heavy atom. The average Bonchev–Trinajstić information content (AvgIpc) is 2.90. The van der Waals surface area contributed by atoms with Gasteiger partial charge in [0.25, 0.3) is 10.0 Å². The molecule has 1 aliphatic rings. The molecule has 0 unspecified atom stereocenters. The van der Waals surface area contributed by atoms with E-state index in [4.69, 9.17) is 16.6 Å². The number of pyridine rings is 1. The lowest BCUT2D eigenvalue weighted by atomic mass is 10.1. The highest BCUT2D eigenvalue weighted by Gasteiger charge is 2.22. The van der Waals surface area contributed by atoms with E-state index in [2.05, 4.69) is 26.7 Å². The van der Waals surface area contributed by atoms with Gasteiger partial charge in [0.1, 0.15) is 5.82 Å². The predicted octanol–water partition coefficient (Wildman–Crippen LogP) is 6.29. The molecule has 1 aromatic heterocycles. The van der Waals surface area contributed by atoms with Crippen LogP contribution in [-0.4, -0.2) is 50.7 Å². The Hall–Kier alpha value is -2.95. The maximum Gasteiger partial charge on any atom is 0.336 e. The maximum atomic E-state index is 13.0. The zero-order chi connectivity index (χ0) is 26.2. The fourth-order valence-corrected chi connectivity index (χ4v) is 6.08. The van der Waals surface area contributed by atoms with Crippen LogP contribution in [0.5, 0.6) is 0 Å². The van der Waals surface area contributed by atoms with Crippen molar-refractivity contribution in [2.24, 2.45) is 0 Å². The van der Waals surface area contributed by atoms with Gasteiger partial charge in [0.15, 0.2) is 0 Å². The van der Waals surface area contributed by atoms with Crippen LogP contribution in [0.25, 0.3) is 10.9 Å². The molecule has 3 aromatic carbocycles. The second kappa shape index (κ2) is 13.6. The molecule has 5 rings (SSSR count). The molecular formula is C27H28Cl4N4O4S. The fourth-order valence-electron chi connectivity index (χ4n) is 4.54. The lowest BCUT2D eigenvalue weighted by Crippen LogP contribution is -2.46. The Balaban J connectivity index is 0.00000187. The summed E-state index contributed by atoms with van der Waals surface area (Å²) in [5.74, 6) is -0.525. The first kappa shape index (κ1) is 33.3. The van der Waals surface area contributed by atoms with Crippen LogP contribution in [0.2, 0.25) is 5.02 Å². The number of carboxylic acid groups (broad SMARTS) is 1. The number of nitrogens with one attached hydrogen (secondary N) is 1. The van der Waals surface area contributed by atoms with Crippen molar-refractivity contribution < 1.29 is 18.3 Å². The van der Waals surface area contributed by atoms with Gasteiger partial charge in [-0.3, -0.25) is 4.72 Å². The third-order valence-corrected chi connectivity index (χ3v) is 8.45. The normalized spacial score (nSPS) is 13.1. The van der Waals surface area contributed by atoms with Crippen molar-refractivity contribution >= 4 is 92.9 Å². The number of benzene rings is 3. The quantitative estimate of drug-likeness (QED) is 0.254. The molecule has 8 nitrogen and oxygen atoms in total. The summed E-state index contributed by atoms with van der Waals surface area (Å²) in [5.41, 5.74) is 2.36. The van der Waals surface area contributed by atoms with Gasteiger partial charge in [-0.1, -0.05) is 35.9 Å². The molecule has 13 heteroatoms. The number of hydrogen-bond acceptors (Lipinski definition) is 6. The Morgan fingerprint density at radius 3 is 2.20 bits per heavy atom. The Morgan fingerprint density at radius 1 is 0.900 bits per heavy atom. The summed E-state index contributed by atoms with van der Waals surface area (Å²) >= 11 is 6.10. The summed E-state index contributed by atoms with van der Waals surface area (Å²) in [7, 11) is -3.94. The monoisotopic (exact) mass is 644 g/mol. The van der Waals surface area contributed by atoms with Crippen LogP contribution < -0.4 is 14.5 Å². The molecule has 0 saturated carbocycles. The van der Waals surface area contributed by atoms with Gasteiger partial charge in [0.05, 0.1) is 16.0 Å². The van der Waals surface area contributed by atoms with Crippen LogP contribution >= 0.6 is 48.8 Å². The van der Waals surface area contributed by atoms with E-state index in [9.17, 15) is 18.3 Å². The van der Waals surface area contributed by atoms with Crippen LogP contribution in [0.4, 0.5) is 17.2 Å².